The quantitative estimate of drug-likeness (QED) is 0.320. The molecule has 2 rings (SSSR count). The summed E-state index contributed by atoms with van der Waals surface area (Å²) < 4.78 is 28.1. The first-order chi connectivity index (χ1) is 14.1. The molecule has 2 aromatic rings. The van der Waals surface area contributed by atoms with Gasteiger partial charge in [-0.05, 0) is 49.0 Å². The molecular formula is C20H19F2N5O3. The highest BCUT2D eigenvalue weighted by Crippen LogP contribution is 2.18. The Balaban J connectivity index is 2.10. The van der Waals surface area contributed by atoms with E-state index in [0.717, 1.165) is 6.92 Å². The predicted molar refractivity (Wildman–Crippen MR) is 103 cm³/mol. The second kappa shape index (κ2) is 9.65. The van der Waals surface area contributed by atoms with E-state index in [-0.39, 0.29) is 5.56 Å². The molecular weight excluding hydrogens is 396 g/mol. The fraction of sp³-hybridized carbons (Fsp3) is 0.250. The molecule has 0 aliphatic rings. The topological polar surface area (TPSA) is 122 Å². The molecule has 0 spiro atoms. The van der Waals surface area contributed by atoms with E-state index < -0.39 is 29.8 Å². The Morgan fingerprint density at radius 1 is 1.23 bits per heavy atom. The predicted octanol–water partition coefficient (Wildman–Crippen LogP) is 0.410. The van der Waals surface area contributed by atoms with Crippen LogP contribution in [0.5, 0.6) is 0 Å². The van der Waals surface area contributed by atoms with E-state index in [9.17, 15) is 18.4 Å². The van der Waals surface area contributed by atoms with E-state index in [1.54, 1.807) is 17.1 Å². The zero-order valence-corrected chi connectivity index (χ0v) is 16.1. The highest BCUT2D eigenvalue weighted by molar-refractivity contribution is 5.98. The molecule has 2 amide bonds. The monoisotopic (exact) mass is 415 g/mol. The van der Waals surface area contributed by atoms with Crippen LogP contribution in [0.2, 0.25) is 0 Å². The van der Waals surface area contributed by atoms with Crippen LogP contribution >= 0.6 is 0 Å². The number of hydrogen-bond donors (Lipinski definition) is 4. The van der Waals surface area contributed by atoms with Crippen LogP contribution in [0, 0.1) is 23.7 Å². The van der Waals surface area contributed by atoms with Crippen molar-refractivity contribution in [2.24, 2.45) is 12.8 Å². The summed E-state index contributed by atoms with van der Waals surface area (Å²) in [6.07, 6.45) is 0.224. The van der Waals surface area contributed by atoms with Crippen molar-refractivity contribution in [2.45, 2.75) is 24.9 Å². The van der Waals surface area contributed by atoms with Gasteiger partial charge in [0, 0.05) is 24.4 Å². The number of benzene rings is 1. The van der Waals surface area contributed by atoms with Crippen molar-refractivity contribution in [3.05, 3.63) is 53.6 Å². The number of hydroxylamine groups is 1. The highest BCUT2D eigenvalue weighted by Gasteiger charge is 2.44. The fourth-order valence-corrected chi connectivity index (χ4v) is 2.29. The number of nitrogens with zero attached hydrogens (tertiary/aromatic N) is 2. The molecule has 0 aliphatic carbocycles. The van der Waals surface area contributed by atoms with E-state index in [0.29, 0.717) is 11.3 Å². The molecule has 1 heterocycles. The number of imidazole rings is 1. The van der Waals surface area contributed by atoms with Gasteiger partial charge in [-0.25, -0.2) is 19.2 Å². The molecule has 0 saturated carbocycles. The molecule has 8 nitrogen and oxygen atoms in total. The summed E-state index contributed by atoms with van der Waals surface area (Å²) in [4.78, 5) is 28.1. The van der Waals surface area contributed by atoms with Crippen molar-refractivity contribution >= 4 is 11.8 Å². The highest BCUT2D eigenvalue weighted by atomic mass is 19.3. The maximum atomic E-state index is 13.2. The van der Waals surface area contributed by atoms with Crippen molar-refractivity contribution < 1.29 is 23.6 Å². The van der Waals surface area contributed by atoms with Crippen LogP contribution in [0.15, 0.2) is 36.8 Å². The van der Waals surface area contributed by atoms with Crippen LogP contribution in [0.1, 0.15) is 28.5 Å². The Hall–Kier alpha value is -3.73. The first kappa shape index (κ1) is 22.6. The molecule has 2 atom stereocenters. The molecule has 0 saturated heterocycles. The molecule has 10 heteroatoms. The van der Waals surface area contributed by atoms with Crippen LogP contribution in [0.4, 0.5) is 8.78 Å². The second-order valence-electron chi connectivity index (χ2n) is 6.55. The summed E-state index contributed by atoms with van der Waals surface area (Å²) in [5.41, 5.74) is 5.52. The van der Waals surface area contributed by atoms with Crippen LogP contribution in [0.3, 0.4) is 0 Å². The van der Waals surface area contributed by atoms with Crippen LogP contribution in [-0.2, 0) is 11.8 Å². The number of halogens is 2. The van der Waals surface area contributed by atoms with E-state index >= 15 is 0 Å². The zero-order valence-electron chi connectivity index (χ0n) is 16.1. The summed E-state index contributed by atoms with van der Waals surface area (Å²) in [6, 6.07) is 3.99. The van der Waals surface area contributed by atoms with E-state index in [1.165, 1.54) is 29.7 Å². The summed E-state index contributed by atoms with van der Waals surface area (Å²) in [7, 11) is 1.82. The van der Waals surface area contributed by atoms with Crippen molar-refractivity contribution in [1.82, 2.24) is 20.3 Å². The molecule has 5 N–H and O–H groups in total. The van der Waals surface area contributed by atoms with Crippen LogP contribution in [-0.4, -0.2) is 44.6 Å². The first-order valence-electron chi connectivity index (χ1n) is 8.57. The lowest BCUT2D eigenvalue weighted by molar-refractivity contribution is -0.134. The zero-order chi connectivity index (χ0) is 22.3. The van der Waals surface area contributed by atoms with Crippen molar-refractivity contribution in [3.8, 4) is 23.7 Å². The lowest BCUT2D eigenvalue weighted by Crippen LogP contribution is -2.66. The van der Waals surface area contributed by atoms with Gasteiger partial charge in [-0.15, -0.1) is 0 Å². The van der Waals surface area contributed by atoms with Gasteiger partial charge in [-0.3, -0.25) is 14.8 Å². The average Bonchev–Trinajstić information content (AvgIpc) is 3.13. The Bertz CT molecular complexity index is 1040. The van der Waals surface area contributed by atoms with E-state index in [1.807, 2.05) is 7.05 Å². The number of carbonyl (C=O) groups excluding carboxylic acids is 2. The minimum Gasteiger partial charge on any atom is -0.339 e. The molecule has 0 fully saturated rings. The second-order valence-corrected chi connectivity index (χ2v) is 6.55. The van der Waals surface area contributed by atoms with Crippen molar-refractivity contribution in [3.63, 3.8) is 0 Å². The van der Waals surface area contributed by atoms with E-state index in [4.69, 9.17) is 10.9 Å². The molecule has 0 bridgehead atoms. The Kier molecular flexibility index (Phi) is 7.26. The van der Waals surface area contributed by atoms with Gasteiger partial charge in [0.05, 0.1) is 6.33 Å². The Morgan fingerprint density at radius 2 is 1.87 bits per heavy atom. The summed E-state index contributed by atoms with van der Waals surface area (Å²) in [5, 5.41) is 10.9. The number of alkyl halides is 2. The SMILES string of the molecule is Cn1cnc(C#CC#Cc2ccc(C(=O)N[C@H](C(=O)NO)C(C)(N)C(F)F)cc2)c1. The normalized spacial score (nSPS) is 13.2. The van der Waals surface area contributed by atoms with Gasteiger partial charge in [0.15, 0.2) is 0 Å². The Labute approximate surface area is 171 Å². The third kappa shape index (κ3) is 5.64. The van der Waals surface area contributed by atoms with Gasteiger partial charge in [0.2, 0.25) is 0 Å². The summed E-state index contributed by atoms with van der Waals surface area (Å²) in [5.74, 6) is 8.79. The number of carbonyl (C=O) groups is 2. The minimum absolute atomic E-state index is 0.0842. The van der Waals surface area contributed by atoms with Gasteiger partial charge in [0.25, 0.3) is 18.2 Å². The first-order valence-corrected chi connectivity index (χ1v) is 8.57. The summed E-state index contributed by atoms with van der Waals surface area (Å²) in [6.45, 7) is 0.891. The number of hydrogen-bond acceptors (Lipinski definition) is 5. The maximum absolute atomic E-state index is 13.2. The van der Waals surface area contributed by atoms with Gasteiger partial charge in [-0.2, -0.15) is 0 Å². The van der Waals surface area contributed by atoms with Gasteiger partial charge < -0.3 is 15.6 Å². The van der Waals surface area contributed by atoms with Gasteiger partial charge in [0.1, 0.15) is 17.3 Å². The molecule has 1 aromatic carbocycles. The molecule has 0 radical (unpaired) electrons. The number of rotatable bonds is 5. The van der Waals surface area contributed by atoms with Crippen LogP contribution < -0.4 is 16.5 Å². The average molecular weight is 415 g/mol. The fourth-order valence-electron chi connectivity index (χ4n) is 2.29. The third-order valence-corrected chi connectivity index (χ3v) is 4.05. The lowest BCUT2D eigenvalue weighted by Gasteiger charge is -2.32. The number of nitrogens with one attached hydrogen (secondary N) is 2. The third-order valence-electron chi connectivity index (χ3n) is 4.05. The van der Waals surface area contributed by atoms with Crippen molar-refractivity contribution in [2.75, 3.05) is 0 Å². The number of nitrogens with two attached hydrogens (primary N) is 1. The summed E-state index contributed by atoms with van der Waals surface area (Å²) >= 11 is 0. The van der Waals surface area contributed by atoms with Crippen LogP contribution in [0.25, 0.3) is 0 Å². The van der Waals surface area contributed by atoms with Gasteiger partial charge >= 0.3 is 0 Å². The number of aromatic nitrogens is 2. The van der Waals surface area contributed by atoms with E-state index in [2.05, 4.69) is 34.0 Å². The number of amides is 2. The largest absolute Gasteiger partial charge is 0.339 e. The standard InChI is InChI=1S/C20H19F2N5O3/c1-20(23,19(21)22)16(18(29)26-30)25-17(28)14-9-7-13(8-10-14)5-3-4-6-15-11-27(2)12-24-15/h7-12,16,19,30H,23H2,1-2H3,(H,25,28)(H,26,29)/t16-,20?/m1/s1. The lowest BCUT2D eigenvalue weighted by atomic mass is 9.92. The Morgan fingerprint density at radius 3 is 2.40 bits per heavy atom. The van der Waals surface area contributed by atoms with Gasteiger partial charge in [-0.1, -0.05) is 5.92 Å². The molecule has 1 unspecified atom stereocenters. The number of aryl methyl sites for hydroxylation is 1. The molecule has 156 valence electrons. The maximum Gasteiger partial charge on any atom is 0.268 e. The smallest absolute Gasteiger partial charge is 0.268 e. The molecule has 30 heavy (non-hydrogen) atoms. The van der Waals surface area contributed by atoms with Crippen molar-refractivity contribution in [1.29, 1.82) is 0 Å². The minimum atomic E-state index is -3.13. The molecule has 0 aliphatic heterocycles. The molecule has 1 aromatic heterocycles.